The van der Waals surface area contributed by atoms with E-state index in [4.69, 9.17) is 9.47 Å². The summed E-state index contributed by atoms with van der Waals surface area (Å²) >= 11 is 0. The molecule has 35 heavy (non-hydrogen) atoms. The summed E-state index contributed by atoms with van der Waals surface area (Å²) in [4.78, 5) is 11.3. The highest BCUT2D eigenvalue weighted by Gasteiger charge is 2.60. The van der Waals surface area contributed by atoms with Gasteiger partial charge in [0.25, 0.3) is 0 Å². The maximum absolute atomic E-state index is 11.3. The number of amides is 1. The van der Waals surface area contributed by atoms with Crippen molar-refractivity contribution in [3.63, 3.8) is 0 Å². The highest BCUT2D eigenvalue weighted by Crippen LogP contribution is 2.68. The second-order valence-corrected chi connectivity index (χ2v) is 13.8. The van der Waals surface area contributed by atoms with Crippen molar-refractivity contribution in [1.29, 1.82) is 0 Å². The van der Waals surface area contributed by atoms with Crippen LogP contribution in [0, 0.1) is 52.3 Å². The minimum atomic E-state index is -0.369. The molecular formula is C31H55NO3. The number of ether oxygens (including phenoxy) is 2. The lowest BCUT2D eigenvalue weighted by molar-refractivity contribution is -0.138. The molecule has 4 rings (SSSR count). The van der Waals surface area contributed by atoms with E-state index in [0.717, 1.165) is 41.4 Å². The van der Waals surface area contributed by atoms with Gasteiger partial charge in [0.05, 0.1) is 12.7 Å². The Morgan fingerprint density at radius 2 is 1.66 bits per heavy atom. The number of rotatable bonds is 9. The minimum absolute atomic E-state index is 0.342. The molecular weight excluding hydrogens is 434 g/mol. The second-order valence-electron chi connectivity index (χ2n) is 13.8. The van der Waals surface area contributed by atoms with Crippen LogP contribution in [0.3, 0.4) is 0 Å². The van der Waals surface area contributed by atoms with Crippen molar-refractivity contribution in [2.75, 3.05) is 20.3 Å². The second kappa shape index (κ2) is 11.3. The zero-order chi connectivity index (χ0) is 25.2. The number of hydrogen-bond acceptors (Lipinski definition) is 3. The molecule has 4 aliphatic carbocycles. The normalized spacial score (nSPS) is 41.6. The van der Waals surface area contributed by atoms with Gasteiger partial charge in [-0.1, -0.05) is 53.9 Å². The molecule has 4 aliphatic rings. The number of alkyl carbamates (subject to hydrolysis) is 1. The molecule has 0 aromatic heterocycles. The minimum Gasteiger partial charge on any atom is -0.447 e. The fourth-order valence-electron chi connectivity index (χ4n) is 9.82. The SMILES string of the molecule is CNC(=O)OCCO[C@H]1CC[C@@]2(C)[C@H](CC[C@@H]3[C@@H]2CC[C@]2(C)[C@@H]([C@@H](C)CCCC(C)C)CC[C@@H]32)C1. The molecule has 4 saturated carbocycles. The monoisotopic (exact) mass is 489 g/mol. The zero-order valence-electron chi connectivity index (χ0n) is 23.7. The summed E-state index contributed by atoms with van der Waals surface area (Å²) in [6.45, 7) is 13.6. The predicted octanol–water partition coefficient (Wildman–Crippen LogP) is 7.85. The van der Waals surface area contributed by atoms with Crippen LogP contribution in [0.4, 0.5) is 4.79 Å². The molecule has 0 aliphatic heterocycles. The number of hydrogen-bond donors (Lipinski definition) is 1. The van der Waals surface area contributed by atoms with E-state index in [1.54, 1.807) is 7.05 Å². The molecule has 202 valence electrons. The summed E-state index contributed by atoms with van der Waals surface area (Å²) in [5, 5.41) is 2.50. The molecule has 1 N–H and O–H groups in total. The van der Waals surface area contributed by atoms with Crippen molar-refractivity contribution >= 4 is 6.09 Å². The zero-order valence-corrected chi connectivity index (χ0v) is 23.7. The number of fused-ring (bicyclic) bond motifs is 5. The molecule has 0 heterocycles. The quantitative estimate of drug-likeness (QED) is 0.335. The van der Waals surface area contributed by atoms with E-state index in [1.807, 2.05) is 0 Å². The maximum Gasteiger partial charge on any atom is 0.406 e. The third-order valence-electron chi connectivity index (χ3n) is 11.7. The Kier molecular flexibility index (Phi) is 8.82. The van der Waals surface area contributed by atoms with Gasteiger partial charge in [0.1, 0.15) is 6.61 Å². The molecule has 0 aromatic rings. The Morgan fingerprint density at radius 1 is 0.914 bits per heavy atom. The highest BCUT2D eigenvalue weighted by molar-refractivity contribution is 5.66. The van der Waals surface area contributed by atoms with Gasteiger partial charge in [-0.2, -0.15) is 0 Å². The van der Waals surface area contributed by atoms with Crippen molar-refractivity contribution in [3.05, 3.63) is 0 Å². The summed E-state index contributed by atoms with van der Waals surface area (Å²) < 4.78 is 11.3. The molecule has 0 unspecified atom stereocenters. The van der Waals surface area contributed by atoms with Gasteiger partial charge in [0.15, 0.2) is 0 Å². The third-order valence-corrected chi connectivity index (χ3v) is 11.7. The molecule has 0 bridgehead atoms. The Morgan fingerprint density at radius 3 is 2.40 bits per heavy atom. The van der Waals surface area contributed by atoms with Crippen LogP contribution in [-0.2, 0) is 9.47 Å². The average molecular weight is 490 g/mol. The average Bonchev–Trinajstić information content (AvgIpc) is 3.18. The molecule has 0 radical (unpaired) electrons. The Labute approximate surface area is 216 Å². The lowest BCUT2D eigenvalue weighted by Gasteiger charge is -2.61. The number of carbonyl (C=O) groups excluding carboxylic acids is 1. The molecule has 0 spiro atoms. The fourth-order valence-corrected chi connectivity index (χ4v) is 9.82. The first-order valence-electron chi connectivity index (χ1n) is 15.1. The van der Waals surface area contributed by atoms with Gasteiger partial charge in [-0.25, -0.2) is 4.79 Å². The van der Waals surface area contributed by atoms with Gasteiger partial charge in [-0.3, -0.25) is 0 Å². The van der Waals surface area contributed by atoms with Crippen molar-refractivity contribution in [1.82, 2.24) is 5.32 Å². The van der Waals surface area contributed by atoms with E-state index in [0.29, 0.717) is 30.1 Å². The van der Waals surface area contributed by atoms with E-state index < -0.39 is 0 Å². The first-order valence-corrected chi connectivity index (χ1v) is 15.1. The first-order chi connectivity index (χ1) is 16.7. The van der Waals surface area contributed by atoms with E-state index >= 15 is 0 Å². The summed E-state index contributed by atoms with van der Waals surface area (Å²) in [6.07, 6.45) is 16.7. The third kappa shape index (κ3) is 5.58. The van der Waals surface area contributed by atoms with E-state index in [9.17, 15) is 4.79 Å². The topological polar surface area (TPSA) is 47.6 Å². The summed E-state index contributed by atoms with van der Waals surface area (Å²) in [6, 6.07) is 0. The number of carbonyl (C=O) groups is 1. The van der Waals surface area contributed by atoms with Crippen LogP contribution in [0.25, 0.3) is 0 Å². The lowest BCUT2D eigenvalue weighted by atomic mass is 9.44. The van der Waals surface area contributed by atoms with Crippen LogP contribution in [0.5, 0.6) is 0 Å². The van der Waals surface area contributed by atoms with Gasteiger partial charge >= 0.3 is 6.09 Å². The predicted molar refractivity (Wildman–Crippen MR) is 143 cm³/mol. The van der Waals surface area contributed by atoms with Gasteiger partial charge < -0.3 is 14.8 Å². The van der Waals surface area contributed by atoms with Gasteiger partial charge in [-0.15, -0.1) is 0 Å². The molecule has 0 aromatic carbocycles. The lowest BCUT2D eigenvalue weighted by Crippen LogP contribution is -2.54. The van der Waals surface area contributed by atoms with Crippen molar-refractivity contribution in [3.8, 4) is 0 Å². The molecule has 4 nitrogen and oxygen atoms in total. The number of nitrogens with one attached hydrogen (secondary N) is 1. The summed E-state index contributed by atoms with van der Waals surface area (Å²) in [5.74, 6) is 6.34. The molecule has 9 atom stereocenters. The molecule has 4 fully saturated rings. The van der Waals surface area contributed by atoms with Crippen molar-refractivity contribution in [2.24, 2.45) is 52.3 Å². The Hall–Kier alpha value is -0.770. The van der Waals surface area contributed by atoms with Crippen molar-refractivity contribution in [2.45, 2.75) is 118 Å². The summed E-state index contributed by atoms with van der Waals surface area (Å²) in [5.41, 5.74) is 1.09. The summed E-state index contributed by atoms with van der Waals surface area (Å²) in [7, 11) is 1.59. The Bertz CT molecular complexity index is 709. The van der Waals surface area contributed by atoms with E-state index in [2.05, 4.69) is 39.9 Å². The molecule has 4 heteroatoms. The van der Waals surface area contributed by atoms with Crippen LogP contribution in [0.15, 0.2) is 0 Å². The highest BCUT2D eigenvalue weighted by atomic mass is 16.6. The van der Waals surface area contributed by atoms with Crippen LogP contribution in [0.2, 0.25) is 0 Å². The molecule has 1 amide bonds. The smallest absolute Gasteiger partial charge is 0.406 e. The maximum atomic E-state index is 11.3. The van der Waals surface area contributed by atoms with Gasteiger partial charge in [0, 0.05) is 7.05 Å². The van der Waals surface area contributed by atoms with Gasteiger partial charge in [-0.05, 0) is 110 Å². The fraction of sp³-hybridized carbons (Fsp3) is 0.968. The van der Waals surface area contributed by atoms with Crippen LogP contribution < -0.4 is 5.32 Å². The standard InChI is InChI=1S/C31H55NO3/c1-21(2)8-7-9-22(3)26-12-13-27-25-11-10-23-20-24(34-18-19-35-29(33)32-6)14-16-30(23,4)28(25)15-17-31(26,27)5/h21-28H,7-20H2,1-6H3,(H,32,33)/t22-,23+,24-,25-,26+,27-,28-,30-,31+/m0/s1. The Balaban J connectivity index is 1.33. The largest absolute Gasteiger partial charge is 0.447 e. The first kappa shape index (κ1) is 27.3. The van der Waals surface area contributed by atoms with Crippen LogP contribution >= 0.6 is 0 Å². The van der Waals surface area contributed by atoms with Gasteiger partial charge in [0.2, 0.25) is 0 Å². The molecule has 0 saturated heterocycles. The van der Waals surface area contributed by atoms with E-state index in [1.165, 1.54) is 77.0 Å². The van der Waals surface area contributed by atoms with Crippen molar-refractivity contribution < 1.29 is 14.3 Å². The van der Waals surface area contributed by atoms with Crippen LogP contribution in [-0.4, -0.2) is 32.5 Å². The van der Waals surface area contributed by atoms with Crippen LogP contribution in [0.1, 0.15) is 112 Å². The van der Waals surface area contributed by atoms with E-state index in [-0.39, 0.29) is 6.09 Å².